The summed E-state index contributed by atoms with van der Waals surface area (Å²) in [6.07, 6.45) is -3.73. The Morgan fingerprint density at radius 3 is 2.36 bits per heavy atom. The van der Waals surface area contributed by atoms with E-state index < -0.39 is 52.7 Å². The van der Waals surface area contributed by atoms with Gasteiger partial charge in [0.05, 0.1) is 11.0 Å². The number of aryl methyl sites for hydroxylation is 1. The van der Waals surface area contributed by atoms with Gasteiger partial charge in [0.25, 0.3) is 10.1 Å². The molecule has 5 rings (SSSR count). The van der Waals surface area contributed by atoms with Crippen molar-refractivity contribution in [1.82, 2.24) is 0 Å². The van der Waals surface area contributed by atoms with Crippen molar-refractivity contribution in [2.75, 3.05) is 6.61 Å². The molecule has 0 bridgehead atoms. The second kappa shape index (κ2) is 9.09. The summed E-state index contributed by atoms with van der Waals surface area (Å²) in [5.41, 5.74) is -0.669. The van der Waals surface area contributed by atoms with Crippen molar-refractivity contribution in [3.05, 3.63) is 72.3 Å². The molecule has 0 amide bonds. The van der Waals surface area contributed by atoms with Crippen LogP contribution in [0.15, 0.2) is 71.6 Å². The fourth-order valence-electron chi connectivity index (χ4n) is 4.68. The molecule has 0 aromatic heterocycles. The van der Waals surface area contributed by atoms with Crippen LogP contribution in [0.25, 0.3) is 10.8 Å². The van der Waals surface area contributed by atoms with Crippen LogP contribution in [-0.4, -0.2) is 56.1 Å². The lowest BCUT2D eigenvalue weighted by Crippen LogP contribution is -2.58. The van der Waals surface area contributed by atoms with Crippen LogP contribution in [0.3, 0.4) is 0 Å². The number of aliphatic hydroxyl groups excluding tert-OH is 1. The first-order valence-electron chi connectivity index (χ1n) is 11.8. The highest BCUT2D eigenvalue weighted by molar-refractivity contribution is 7.86. The summed E-state index contributed by atoms with van der Waals surface area (Å²) in [4.78, 5) is 0.00710. The lowest BCUT2D eigenvalue weighted by Gasteiger charge is -2.38. The molecule has 3 aromatic carbocycles. The molecule has 3 aromatic rings. The van der Waals surface area contributed by atoms with Gasteiger partial charge in [-0.15, -0.1) is 0 Å². The first-order valence-corrected chi connectivity index (χ1v) is 13.2. The lowest BCUT2D eigenvalue weighted by atomic mass is 9.90. The highest BCUT2D eigenvalue weighted by atomic mass is 32.2. The molecule has 2 aliphatic rings. The maximum atomic E-state index is 13.0. The number of benzene rings is 3. The summed E-state index contributed by atoms with van der Waals surface area (Å²) in [6, 6.07) is 19.8. The summed E-state index contributed by atoms with van der Waals surface area (Å²) < 4.78 is 56.0. The molecule has 1 N–H and O–H groups in total. The summed E-state index contributed by atoms with van der Waals surface area (Å²) in [7, 11) is -4.14. The topological polar surface area (TPSA) is 101 Å². The van der Waals surface area contributed by atoms with Gasteiger partial charge in [0, 0.05) is 0 Å². The van der Waals surface area contributed by atoms with Crippen molar-refractivity contribution in [3.8, 4) is 5.75 Å². The summed E-state index contributed by atoms with van der Waals surface area (Å²) >= 11 is 0. The molecule has 0 aliphatic carbocycles. The number of ether oxygens (including phenoxy) is 4. The molecular weight excluding hydrogens is 484 g/mol. The van der Waals surface area contributed by atoms with E-state index in [1.54, 1.807) is 26.0 Å². The second-order valence-electron chi connectivity index (χ2n) is 9.79. The fraction of sp³-hybridized carbons (Fsp3) is 0.407. The number of fused-ring (bicyclic) bond motifs is 2. The molecule has 36 heavy (non-hydrogen) atoms. The van der Waals surface area contributed by atoms with E-state index in [-0.39, 0.29) is 4.90 Å². The standard InChI is InChI=1S/C27H30O8S/c1-17-9-13-22(14-10-17)36(29,30)31-16-27(18(2)28)24(23-25(35-27)34-26(3,4)33-23)32-21-12-11-19-7-5-6-8-20(19)15-21/h5-15,18,23-25,28H,16H2,1-4H3/t18-,23+,24-,25-,27+/m0/s1. The van der Waals surface area contributed by atoms with E-state index in [0.717, 1.165) is 16.3 Å². The number of hydrogen-bond donors (Lipinski definition) is 1. The van der Waals surface area contributed by atoms with Crippen LogP contribution in [0.1, 0.15) is 26.3 Å². The van der Waals surface area contributed by atoms with Crippen molar-refractivity contribution in [2.45, 2.75) is 68.6 Å². The summed E-state index contributed by atoms with van der Waals surface area (Å²) in [6.45, 7) is 6.37. The SMILES string of the molecule is Cc1ccc(S(=O)(=O)OC[C@]2([C@H](C)O)O[C@@H]3OC(C)(C)O[C@@H]3[C@@H]2Oc2ccc3ccccc3c2)cc1. The van der Waals surface area contributed by atoms with Gasteiger partial charge in [0.2, 0.25) is 0 Å². The van der Waals surface area contributed by atoms with Crippen LogP contribution in [0.5, 0.6) is 5.75 Å². The Morgan fingerprint density at radius 2 is 1.67 bits per heavy atom. The Labute approximate surface area is 210 Å². The highest BCUT2D eigenvalue weighted by Gasteiger charge is 2.65. The van der Waals surface area contributed by atoms with Crippen molar-refractivity contribution in [1.29, 1.82) is 0 Å². The molecule has 8 nitrogen and oxygen atoms in total. The smallest absolute Gasteiger partial charge is 0.297 e. The summed E-state index contributed by atoms with van der Waals surface area (Å²) in [5, 5.41) is 12.9. The van der Waals surface area contributed by atoms with E-state index in [1.807, 2.05) is 49.4 Å². The minimum Gasteiger partial charge on any atom is -0.484 e. The van der Waals surface area contributed by atoms with E-state index in [2.05, 4.69) is 0 Å². The number of aliphatic hydroxyl groups is 1. The average Bonchev–Trinajstić information content (AvgIpc) is 3.28. The second-order valence-corrected chi connectivity index (χ2v) is 11.4. The third kappa shape index (κ3) is 4.63. The van der Waals surface area contributed by atoms with Crippen molar-refractivity contribution >= 4 is 20.9 Å². The molecule has 0 spiro atoms. The monoisotopic (exact) mass is 514 g/mol. The van der Waals surface area contributed by atoms with Crippen LogP contribution >= 0.6 is 0 Å². The van der Waals surface area contributed by atoms with Gasteiger partial charge in [-0.1, -0.05) is 48.0 Å². The number of hydrogen-bond acceptors (Lipinski definition) is 8. The summed E-state index contributed by atoms with van der Waals surface area (Å²) in [5.74, 6) is -0.428. The molecule has 2 fully saturated rings. The van der Waals surface area contributed by atoms with Crippen molar-refractivity contribution in [3.63, 3.8) is 0 Å². The first kappa shape index (κ1) is 25.1. The molecule has 9 heteroatoms. The van der Waals surface area contributed by atoms with E-state index in [0.29, 0.717) is 5.75 Å². The van der Waals surface area contributed by atoms with Crippen LogP contribution in [-0.2, 0) is 28.5 Å². The quantitative estimate of drug-likeness (QED) is 0.474. The van der Waals surface area contributed by atoms with E-state index in [1.165, 1.54) is 19.1 Å². The van der Waals surface area contributed by atoms with Gasteiger partial charge in [-0.2, -0.15) is 8.42 Å². The van der Waals surface area contributed by atoms with Gasteiger partial charge >= 0.3 is 0 Å². The predicted octanol–water partition coefficient (Wildman–Crippen LogP) is 3.93. The molecule has 2 aliphatic heterocycles. The Kier molecular flexibility index (Phi) is 6.35. The minimum absolute atomic E-state index is 0.00710. The van der Waals surface area contributed by atoms with Crippen LogP contribution in [0, 0.1) is 6.92 Å². The van der Waals surface area contributed by atoms with E-state index >= 15 is 0 Å². The van der Waals surface area contributed by atoms with Crippen LogP contribution in [0.4, 0.5) is 0 Å². The Bertz CT molecular complexity index is 1350. The molecule has 5 atom stereocenters. The molecule has 192 valence electrons. The van der Waals surface area contributed by atoms with Crippen LogP contribution < -0.4 is 4.74 Å². The van der Waals surface area contributed by atoms with Gasteiger partial charge in [-0.05, 0) is 62.7 Å². The zero-order valence-electron chi connectivity index (χ0n) is 20.6. The van der Waals surface area contributed by atoms with Crippen LogP contribution in [0.2, 0.25) is 0 Å². The average molecular weight is 515 g/mol. The van der Waals surface area contributed by atoms with Gasteiger partial charge in [0.1, 0.15) is 12.4 Å². The largest absolute Gasteiger partial charge is 0.484 e. The van der Waals surface area contributed by atoms with Gasteiger partial charge in [-0.3, -0.25) is 4.18 Å². The highest BCUT2D eigenvalue weighted by Crippen LogP contribution is 2.46. The maximum Gasteiger partial charge on any atom is 0.297 e. The maximum absolute atomic E-state index is 13.0. The molecule has 2 saturated heterocycles. The van der Waals surface area contributed by atoms with Crippen molar-refractivity contribution in [2.24, 2.45) is 0 Å². The molecule has 0 saturated carbocycles. The molecule has 0 radical (unpaired) electrons. The zero-order valence-corrected chi connectivity index (χ0v) is 21.4. The van der Waals surface area contributed by atoms with Gasteiger partial charge in [-0.25, -0.2) is 0 Å². The Hall–Kier alpha value is -2.53. The van der Waals surface area contributed by atoms with Gasteiger partial charge < -0.3 is 24.1 Å². The molecule has 0 unspecified atom stereocenters. The van der Waals surface area contributed by atoms with E-state index in [4.69, 9.17) is 23.1 Å². The minimum atomic E-state index is -4.14. The lowest BCUT2D eigenvalue weighted by molar-refractivity contribution is -0.259. The van der Waals surface area contributed by atoms with Crippen molar-refractivity contribution < 1.29 is 36.7 Å². The normalized spacial score (nSPS) is 28.2. The molecule has 2 heterocycles. The first-order chi connectivity index (χ1) is 17.0. The zero-order chi connectivity index (χ0) is 25.7. The Balaban J connectivity index is 1.48. The number of rotatable bonds is 7. The fourth-order valence-corrected chi connectivity index (χ4v) is 5.63. The van der Waals surface area contributed by atoms with Gasteiger partial charge in [0.15, 0.2) is 29.9 Å². The third-order valence-electron chi connectivity index (χ3n) is 6.64. The third-order valence-corrected chi connectivity index (χ3v) is 7.92. The predicted molar refractivity (Wildman–Crippen MR) is 132 cm³/mol. The molecular formula is C27H30O8S. The van der Waals surface area contributed by atoms with E-state index in [9.17, 15) is 13.5 Å². The Morgan fingerprint density at radius 1 is 0.972 bits per heavy atom.